The topological polar surface area (TPSA) is 21.6 Å². The standard InChI is InChI=1S/C12H15ClINOSi/c1-9(16-17(2,3)4)15-8-10-7-11(13)5-6-12(10)14/h5-8H,1H2,2-4H3/b15-8+. The molecule has 92 valence electrons. The predicted octanol–water partition coefficient (Wildman–Crippen LogP) is 4.69. The van der Waals surface area contributed by atoms with E-state index in [0.29, 0.717) is 10.9 Å². The second kappa shape index (κ2) is 6.02. The molecule has 0 spiro atoms. The Morgan fingerprint density at radius 3 is 2.71 bits per heavy atom. The normalized spacial score (nSPS) is 11.8. The predicted molar refractivity (Wildman–Crippen MR) is 85.3 cm³/mol. The summed E-state index contributed by atoms with van der Waals surface area (Å²) in [6.45, 7) is 10.1. The lowest BCUT2D eigenvalue weighted by molar-refractivity contribution is 0.421. The van der Waals surface area contributed by atoms with E-state index in [1.165, 1.54) is 0 Å². The Bertz CT molecular complexity index is 454. The summed E-state index contributed by atoms with van der Waals surface area (Å²) in [6.07, 6.45) is 1.73. The molecule has 1 rings (SSSR count). The van der Waals surface area contributed by atoms with Gasteiger partial charge in [-0.3, -0.25) is 0 Å². The summed E-state index contributed by atoms with van der Waals surface area (Å²) in [6, 6.07) is 5.68. The SMILES string of the molecule is C=C(/N=C/c1cc(Cl)ccc1I)O[Si](C)(C)C. The molecule has 0 fully saturated rings. The summed E-state index contributed by atoms with van der Waals surface area (Å²) < 4.78 is 6.73. The Hall–Kier alpha value is -0.333. The van der Waals surface area contributed by atoms with Crippen LogP contribution in [0.1, 0.15) is 5.56 Å². The van der Waals surface area contributed by atoms with E-state index in [9.17, 15) is 0 Å². The van der Waals surface area contributed by atoms with Crippen LogP contribution < -0.4 is 0 Å². The lowest BCUT2D eigenvalue weighted by Gasteiger charge is -2.17. The van der Waals surface area contributed by atoms with Gasteiger partial charge in [-0.2, -0.15) is 0 Å². The molecule has 2 nitrogen and oxygen atoms in total. The first-order valence-electron chi connectivity index (χ1n) is 5.15. The zero-order valence-corrected chi connectivity index (χ0v) is 14.0. The highest BCUT2D eigenvalue weighted by Gasteiger charge is 2.16. The summed E-state index contributed by atoms with van der Waals surface area (Å²) in [7, 11) is -1.62. The zero-order valence-electron chi connectivity index (χ0n) is 10.1. The Morgan fingerprint density at radius 2 is 2.12 bits per heavy atom. The van der Waals surface area contributed by atoms with Crippen LogP contribution in [-0.2, 0) is 4.43 Å². The van der Waals surface area contributed by atoms with Crippen LogP contribution in [0.15, 0.2) is 35.7 Å². The molecule has 0 saturated carbocycles. The van der Waals surface area contributed by atoms with E-state index < -0.39 is 8.32 Å². The molecule has 0 aliphatic heterocycles. The molecular formula is C12H15ClINOSi. The van der Waals surface area contributed by atoms with Crippen LogP contribution in [-0.4, -0.2) is 14.5 Å². The van der Waals surface area contributed by atoms with Crippen molar-refractivity contribution in [1.29, 1.82) is 0 Å². The highest BCUT2D eigenvalue weighted by atomic mass is 127. The lowest BCUT2D eigenvalue weighted by Crippen LogP contribution is -2.24. The van der Waals surface area contributed by atoms with Gasteiger partial charge in [0.2, 0.25) is 8.32 Å². The molecule has 5 heteroatoms. The van der Waals surface area contributed by atoms with E-state index >= 15 is 0 Å². The van der Waals surface area contributed by atoms with Crippen LogP contribution in [0, 0.1) is 3.57 Å². The van der Waals surface area contributed by atoms with Gasteiger partial charge in [-0.1, -0.05) is 11.6 Å². The van der Waals surface area contributed by atoms with Gasteiger partial charge < -0.3 is 4.43 Å². The number of hydrogen-bond acceptors (Lipinski definition) is 2. The molecule has 0 saturated heterocycles. The Morgan fingerprint density at radius 1 is 1.47 bits per heavy atom. The van der Waals surface area contributed by atoms with Gasteiger partial charge in [0, 0.05) is 20.4 Å². The Labute approximate surface area is 122 Å². The first-order chi connectivity index (χ1) is 7.78. The van der Waals surface area contributed by atoms with Gasteiger partial charge >= 0.3 is 0 Å². The van der Waals surface area contributed by atoms with Crippen molar-refractivity contribution in [2.75, 3.05) is 0 Å². The number of nitrogens with zero attached hydrogens (tertiary/aromatic N) is 1. The van der Waals surface area contributed by atoms with E-state index in [1.54, 1.807) is 6.21 Å². The van der Waals surface area contributed by atoms with Crippen LogP contribution in [0.3, 0.4) is 0 Å². The zero-order chi connectivity index (χ0) is 13.1. The third-order valence-electron chi connectivity index (χ3n) is 1.73. The highest BCUT2D eigenvalue weighted by Crippen LogP contribution is 2.17. The molecule has 0 radical (unpaired) electrons. The van der Waals surface area contributed by atoms with Gasteiger partial charge in [-0.05, 0) is 67.0 Å². The van der Waals surface area contributed by atoms with Crippen molar-refractivity contribution in [3.63, 3.8) is 0 Å². The van der Waals surface area contributed by atoms with E-state index in [0.717, 1.165) is 9.13 Å². The lowest BCUT2D eigenvalue weighted by atomic mass is 10.2. The van der Waals surface area contributed by atoms with Gasteiger partial charge in [0.15, 0.2) is 5.88 Å². The molecule has 0 bridgehead atoms. The fraction of sp³-hybridized carbons (Fsp3) is 0.250. The Balaban J connectivity index is 2.77. The maximum atomic E-state index is 5.93. The van der Waals surface area contributed by atoms with Crippen molar-refractivity contribution in [2.24, 2.45) is 4.99 Å². The average Bonchev–Trinajstić information content (AvgIpc) is 2.17. The minimum Gasteiger partial charge on any atom is -0.532 e. The third-order valence-corrected chi connectivity index (χ3v) is 3.80. The summed E-state index contributed by atoms with van der Waals surface area (Å²) >= 11 is 8.17. The van der Waals surface area contributed by atoms with Gasteiger partial charge in [0.25, 0.3) is 0 Å². The summed E-state index contributed by atoms with van der Waals surface area (Å²) in [4.78, 5) is 4.21. The second-order valence-electron chi connectivity index (χ2n) is 4.53. The monoisotopic (exact) mass is 379 g/mol. The van der Waals surface area contributed by atoms with Crippen LogP contribution in [0.2, 0.25) is 24.7 Å². The number of benzene rings is 1. The van der Waals surface area contributed by atoms with E-state index in [2.05, 4.69) is 53.8 Å². The van der Waals surface area contributed by atoms with Gasteiger partial charge in [-0.25, -0.2) is 4.99 Å². The molecule has 0 aliphatic carbocycles. The fourth-order valence-corrected chi connectivity index (χ4v) is 2.55. The van der Waals surface area contributed by atoms with Crippen LogP contribution >= 0.6 is 34.2 Å². The molecule has 17 heavy (non-hydrogen) atoms. The van der Waals surface area contributed by atoms with Crippen LogP contribution in [0.5, 0.6) is 0 Å². The molecule has 0 aliphatic rings. The van der Waals surface area contributed by atoms with Crippen molar-refractivity contribution in [2.45, 2.75) is 19.6 Å². The molecular weight excluding hydrogens is 365 g/mol. The summed E-state index contributed by atoms with van der Waals surface area (Å²) in [5.74, 6) is 0.458. The van der Waals surface area contributed by atoms with Crippen molar-refractivity contribution in [3.8, 4) is 0 Å². The highest BCUT2D eigenvalue weighted by molar-refractivity contribution is 14.1. The number of hydrogen-bond donors (Lipinski definition) is 0. The van der Waals surface area contributed by atoms with Crippen molar-refractivity contribution in [3.05, 3.63) is 44.8 Å². The molecule has 0 unspecified atom stereocenters. The molecule has 0 atom stereocenters. The fourth-order valence-electron chi connectivity index (χ4n) is 1.13. The maximum absolute atomic E-state index is 5.93. The van der Waals surface area contributed by atoms with Crippen molar-refractivity contribution in [1.82, 2.24) is 0 Å². The van der Waals surface area contributed by atoms with Crippen molar-refractivity contribution >= 4 is 48.7 Å². The largest absolute Gasteiger partial charge is 0.532 e. The first kappa shape index (κ1) is 14.7. The maximum Gasteiger partial charge on any atom is 0.244 e. The summed E-state index contributed by atoms with van der Waals surface area (Å²) in [5, 5.41) is 0.698. The van der Waals surface area contributed by atoms with Crippen LogP contribution in [0.4, 0.5) is 0 Å². The second-order valence-corrected chi connectivity index (χ2v) is 10.6. The molecule has 0 N–H and O–H groups in total. The van der Waals surface area contributed by atoms with Gasteiger partial charge in [0.1, 0.15) is 0 Å². The van der Waals surface area contributed by atoms with E-state index in [-0.39, 0.29) is 0 Å². The number of halogens is 2. The van der Waals surface area contributed by atoms with Crippen LogP contribution in [0.25, 0.3) is 0 Å². The smallest absolute Gasteiger partial charge is 0.244 e. The van der Waals surface area contributed by atoms with E-state index in [4.69, 9.17) is 16.0 Å². The van der Waals surface area contributed by atoms with Gasteiger partial charge in [-0.15, -0.1) is 0 Å². The molecule has 0 amide bonds. The minimum absolute atomic E-state index is 0.458. The molecule has 0 heterocycles. The van der Waals surface area contributed by atoms with Gasteiger partial charge in [0.05, 0.1) is 0 Å². The first-order valence-corrected chi connectivity index (χ1v) is 10.0. The average molecular weight is 380 g/mol. The molecule has 1 aromatic rings. The minimum atomic E-state index is -1.62. The third kappa shape index (κ3) is 5.70. The van der Waals surface area contributed by atoms with Crippen molar-refractivity contribution < 1.29 is 4.43 Å². The van der Waals surface area contributed by atoms with E-state index in [1.807, 2.05) is 18.2 Å². The quantitative estimate of drug-likeness (QED) is 0.322. The Kier molecular flexibility index (Phi) is 5.21. The molecule has 1 aromatic carbocycles. The molecule has 0 aromatic heterocycles. The summed E-state index contributed by atoms with van der Waals surface area (Å²) in [5.41, 5.74) is 0.971. The number of aliphatic imine (C=N–C) groups is 1. The number of rotatable bonds is 4.